The van der Waals surface area contributed by atoms with Crippen LogP contribution in [0.3, 0.4) is 0 Å². The predicted molar refractivity (Wildman–Crippen MR) is 49.4 cm³/mol. The van der Waals surface area contributed by atoms with Gasteiger partial charge in [0.05, 0.1) is 5.60 Å². The molecule has 68 valence electrons. The van der Waals surface area contributed by atoms with Crippen LogP contribution in [-0.4, -0.2) is 25.3 Å². The molecule has 0 saturated carbocycles. The van der Waals surface area contributed by atoms with Crippen LogP contribution in [0.15, 0.2) is 0 Å². The van der Waals surface area contributed by atoms with Crippen LogP contribution in [0.5, 0.6) is 0 Å². The Morgan fingerprint density at radius 3 is 2.45 bits per heavy atom. The number of nitrogens with one attached hydrogen (secondary N) is 1. The van der Waals surface area contributed by atoms with Crippen molar-refractivity contribution in [3.63, 3.8) is 0 Å². The van der Waals surface area contributed by atoms with Gasteiger partial charge in [-0.05, 0) is 33.2 Å². The number of hydrogen-bond acceptors (Lipinski definition) is 2. The Morgan fingerprint density at radius 1 is 1.45 bits per heavy atom. The maximum atomic E-state index is 5.36. The van der Waals surface area contributed by atoms with Gasteiger partial charge >= 0.3 is 0 Å². The predicted octanol–water partition coefficient (Wildman–Crippen LogP) is 1.59. The van der Waals surface area contributed by atoms with Crippen LogP contribution in [0.2, 0.25) is 0 Å². The highest BCUT2D eigenvalue weighted by Crippen LogP contribution is 2.20. The Labute approximate surface area is 75.1 Å². The molecular weight excluding hydrogens is 162 g/mol. The Morgan fingerprint density at radius 2 is 2.09 bits per heavy atom. The first-order chi connectivity index (χ1) is 4.67. The van der Waals surface area contributed by atoms with Crippen LogP contribution in [0.25, 0.3) is 0 Å². The first kappa shape index (κ1) is 11.2. The fourth-order valence-electron chi connectivity index (χ4n) is 1.42. The number of rotatable bonds is 2. The fraction of sp³-hybridized carbons (Fsp3) is 1.00. The second-order valence-electron chi connectivity index (χ2n) is 3.46. The third-order valence-electron chi connectivity index (χ3n) is 2.43. The van der Waals surface area contributed by atoms with Crippen LogP contribution in [-0.2, 0) is 4.74 Å². The number of hydrogen-bond donors (Lipinski definition) is 1. The number of methoxy groups -OCH3 is 1. The van der Waals surface area contributed by atoms with E-state index in [4.69, 9.17) is 4.74 Å². The lowest BCUT2D eigenvalue weighted by Crippen LogP contribution is -2.44. The van der Waals surface area contributed by atoms with Gasteiger partial charge in [-0.25, -0.2) is 0 Å². The third-order valence-corrected chi connectivity index (χ3v) is 2.43. The van der Waals surface area contributed by atoms with E-state index in [9.17, 15) is 0 Å². The van der Waals surface area contributed by atoms with E-state index in [1.165, 1.54) is 12.8 Å². The topological polar surface area (TPSA) is 21.3 Å². The van der Waals surface area contributed by atoms with Gasteiger partial charge in [0.1, 0.15) is 0 Å². The Hall–Kier alpha value is 0.210. The summed E-state index contributed by atoms with van der Waals surface area (Å²) in [4.78, 5) is 0. The monoisotopic (exact) mass is 179 g/mol. The number of ether oxygens (including phenoxy) is 1. The molecule has 0 spiro atoms. The molecule has 0 aromatic carbocycles. The van der Waals surface area contributed by atoms with Crippen LogP contribution in [0, 0.1) is 0 Å². The Bertz CT molecular complexity index is 111. The van der Waals surface area contributed by atoms with Crippen molar-refractivity contribution in [2.75, 3.05) is 13.7 Å². The highest BCUT2D eigenvalue weighted by molar-refractivity contribution is 5.85. The van der Waals surface area contributed by atoms with Crippen LogP contribution in [0.4, 0.5) is 0 Å². The van der Waals surface area contributed by atoms with Crippen LogP contribution < -0.4 is 5.32 Å². The van der Waals surface area contributed by atoms with Gasteiger partial charge in [-0.15, -0.1) is 12.4 Å². The van der Waals surface area contributed by atoms with E-state index in [2.05, 4.69) is 19.2 Å². The minimum Gasteiger partial charge on any atom is -0.377 e. The van der Waals surface area contributed by atoms with Gasteiger partial charge in [0, 0.05) is 13.2 Å². The summed E-state index contributed by atoms with van der Waals surface area (Å²) in [5.74, 6) is 0. The molecule has 2 nitrogen and oxygen atoms in total. The van der Waals surface area contributed by atoms with E-state index in [1.807, 2.05) is 0 Å². The maximum absolute atomic E-state index is 5.36. The number of halogens is 1. The van der Waals surface area contributed by atoms with E-state index in [1.54, 1.807) is 7.11 Å². The first-order valence-electron chi connectivity index (χ1n) is 3.95. The standard InChI is InChI=1S/C8H17NO.ClH/c1-8(2,10-3)7-5-4-6-9-7;/h7,9H,4-6H2,1-3H3;1H. The van der Waals surface area contributed by atoms with Gasteiger partial charge in [0.15, 0.2) is 0 Å². The van der Waals surface area contributed by atoms with Gasteiger partial charge in [-0.2, -0.15) is 0 Å². The van der Waals surface area contributed by atoms with Crippen molar-refractivity contribution in [3.8, 4) is 0 Å². The molecule has 0 aromatic rings. The molecule has 11 heavy (non-hydrogen) atoms. The van der Waals surface area contributed by atoms with Crippen LogP contribution in [0.1, 0.15) is 26.7 Å². The highest BCUT2D eigenvalue weighted by Gasteiger charge is 2.30. The van der Waals surface area contributed by atoms with Gasteiger partial charge in [0.25, 0.3) is 0 Å². The molecule has 1 fully saturated rings. The third kappa shape index (κ3) is 2.62. The SMILES string of the molecule is COC(C)(C)C1CCCN1.Cl. The molecule has 0 aromatic heterocycles. The molecule has 0 aliphatic carbocycles. The summed E-state index contributed by atoms with van der Waals surface area (Å²) < 4.78 is 5.36. The lowest BCUT2D eigenvalue weighted by Gasteiger charge is -2.29. The lowest BCUT2D eigenvalue weighted by molar-refractivity contribution is -0.00478. The van der Waals surface area contributed by atoms with E-state index < -0.39 is 0 Å². The highest BCUT2D eigenvalue weighted by atomic mass is 35.5. The molecular formula is C8H18ClNO. The molecule has 1 unspecified atom stereocenters. The fourth-order valence-corrected chi connectivity index (χ4v) is 1.42. The van der Waals surface area contributed by atoms with Crippen molar-refractivity contribution in [2.45, 2.75) is 38.3 Å². The van der Waals surface area contributed by atoms with E-state index >= 15 is 0 Å². The molecule has 0 radical (unpaired) electrons. The van der Waals surface area contributed by atoms with Crippen molar-refractivity contribution < 1.29 is 4.74 Å². The van der Waals surface area contributed by atoms with Crippen LogP contribution >= 0.6 is 12.4 Å². The second-order valence-corrected chi connectivity index (χ2v) is 3.46. The summed E-state index contributed by atoms with van der Waals surface area (Å²) in [6.07, 6.45) is 2.54. The minimum absolute atomic E-state index is 0. The van der Waals surface area contributed by atoms with Gasteiger partial charge in [-0.1, -0.05) is 0 Å². The summed E-state index contributed by atoms with van der Waals surface area (Å²) >= 11 is 0. The quantitative estimate of drug-likeness (QED) is 0.695. The minimum atomic E-state index is 0. The molecule has 1 rings (SSSR count). The summed E-state index contributed by atoms with van der Waals surface area (Å²) in [5.41, 5.74) is 0.0104. The molecule has 0 amide bonds. The van der Waals surface area contributed by atoms with E-state index in [0.29, 0.717) is 6.04 Å². The summed E-state index contributed by atoms with van der Waals surface area (Å²) in [6.45, 7) is 5.42. The lowest BCUT2D eigenvalue weighted by atomic mass is 9.97. The smallest absolute Gasteiger partial charge is 0.0775 e. The molecule has 3 heteroatoms. The molecule has 1 aliphatic rings. The van der Waals surface area contributed by atoms with Gasteiger partial charge in [0.2, 0.25) is 0 Å². The maximum Gasteiger partial charge on any atom is 0.0775 e. The molecule has 1 aliphatic heterocycles. The summed E-state index contributed by atoms with van der Waals surface area (Å²) in [5, 5.41) is 3.42. The van der Waals surface area contributed by atoms with Crippen molar-refractivity contribution in [1.29, 1.82) is 0 Å². The van der Waals surface area contributed by atoms with Gasteiger partial charge in [-0.3, -0.25) is 0 Å². The summed E-state index contributed by atoms with van der Waals surface area (Å²) in [7, 11) is 1.78. The van der Waals surface area contributed by atoms with Gasteiger partial charge < -0.3 is 10.1 Å². The average molecular weight is 180 g/mol. The Balaban J connectivity index is 0.000001000. The zero-order valence-electron chi connectivity index (χ0n) is 7.52. The molecule has 1 heterocycles. The normalized spacial score (nSPS) is 24.8. The average Bonchev–Trinajstić information content (AvgIpc) is 2.38. The van der Waals surface area contributed by atoms with Crippen molar-refractivity contribution in [2.24, 2.45) is 0 Å². The zero-order valence-corrected chi connectivity index (χ0v) is 8.33. The van der Waals surface area contributed by atoms with Crippen molar-refractivity contribution in [1.82, 2.24) is 5.32 Å². The molecule has 1 saturated heterocycles. The van der Waals surface area contributed by atoms with E-state index in [-0.39, 0.29) is 18.0 Å². The van der Waals surface area contributed by atoms with E-state index in [0.717, 1.165) is 6.54 Å². The first-order valence-corrected chi connectivity index (χ1v) is 3.95. The Kier molecular flexibility index (Phi) is 4.37. The second kappa shape index (κ2) is 4.29. The molecule has 0 bridgehead atoms. The zero-order chi connectivity index (χ0) is 7.61. The molecule has 1 N–H and O–H groups in total. The largest absolute Gasteiger partial charge is 0.377 e. The van der Waals surface area contributed by atoms with Crippen molar-refractivity contribution >= 4 is 12.4 Å². The summed E-state index contributed by atoms with van der Waals surface area (Å²) in [6, 6.07) is 0.553. The molecule has 1 atom stereocenters. The van der Waals surface area contributed by atoms with Crippen molar-refractivity contribution in [3.05, 3.63) is 0 Å².